The number of imidazole rings is 1. The molecular weight excluding hydrogens is 299 g/mol. The number of aromatic amines is 1. The number of hydrogen-bond acceptors (Lipinski definition) is 4. The van der Waals surface area contributed by atoms with Crippen LogP contribution in [0, 0.1) is 19.7 Å². The number of nitrogens with one attached hydrogen (secondary N) is 1. The normalized spacial score (nSPS) is 21.0. The molecule has 6 nitrogen and oxygen atoms in total. The van der Waals surface area contributed by atoms with Gasteiger partial charge in [-0.05, 0) is 19.9 Å². The fourth-order valence-corrected chi connectivity index (χ4v) is 2.89. The van der Waals surface area contributed by atoms with E-state index in [1.54, 1.807) is 12.0 Å². The molecule has 0 aromatic carbocycles. The highest BCUT2D eigenvalue weighted by molar-refractivity contribution is 5.94. The first-order valence-electron chi connectivity index (χ1n) is 7.47. The number of ether oxygens (including phenoxy) is 1. The molecule has 2 aromatic rings. The number of halogens is 1. The Bertz CT molecular complexity index is 711. The van der Waals surface area contributed by atoms with Crippen LogP contribution in [0.4, 0.5) is 4.39 Å². The van der Waals surface area contributed by atoms with Crippen molar-refractivity contribution >= 4 is 5.91 Å². The smallest absolute Gasteiger partial charge is 0.257 e. The molecule has 0 spiro atoms. The summed E-state index contributed by atoms with van der Waals surface area (Å²) in [4.78, 5) is 25.8. The Morgan fingerprint density at radius 3 is 2.87 bits per heavy atom. The number of H-pyrrole nitrogens is 1. The van der Waals surface area contributed by atoms with Crippen molar-refractivity contribution in [1.82, 2.24) is 19.9 Å². The minimum absolute atomic E-state index is 0.0155. The van der Waals surface area contributed by atoms with Gasteiger partial charge in [0, 0.05) is 32.0 Å². The van der Waals surface area contributed by atoms with Gasteiger partial charge in [0.05, 0.1) is 29.6 Å². The highest BCUT2D eigenvalue weighted by Gasteiger charge is 2.39. The van der Waals surface area contributed by atoms with Crippen LogP contribution in [0.25, 0.3) is 0 Å². The molecule has 1 aliphatic heterocycles. The van der Waals surface area contributed by atoms with E-state index in [2.05, 4.69) is 15.0 Å². The van der Waals surface area contributed by atoms with Gasteiger partial charge in [0.15, 0.2) is 5.82 Å². The first-order valence-corrected chi connectivity index (χ1v) is 7.47. The molecule has 0 radical (unpaired) electrons. The lowest BCUT2D eigenvalue weighted by molar-refractivity contribution is 0.0680. The molecule has 2 atom stereocenters. The lowest BCUT2D eigenvalue weighted by atomic mass is 10.1. The molecule has 1 aliphatic rings. The van der Waals surface area contributed by atoms with Gasteiger partial charge in [0.1, 0.15) is 5.82 Å². The zero-order valence-electron chi connectivity index (χ0n) is 13.3. The summed E-state index contributed by atoms with van der Waals surface area (Å²) < 4.78 is 19.3. The number of aromatic nitrogens is 3. The Labute approximate surface area is 133 Å². The Morgan fingerprint density at radius 2 is 2.26 bits per heavy atom. The molecule has 0 bridgehead atoms. The van der Waals surface area contributed by atoms with Gasteiger partial charge in [0.2, 0.25) is 0 Å². The van der Waals surface area contributed by atoms with Crippen molar-refractivity contribution in [3.05, 3.63) is 47.1 Å². The summed E-state index contributed by atoms with van der Waals surface area (Å²) in [5.74, 6) is -0.285. The summed E-state index contributed by atoms with van der Waals surface area (Å²) in [6.07, 6.45) is 2.99. The van der Waals surface area contributed by atoms with Crippen LogP contribution in [-0.4, -0.2) is 45.5 Å². The van der Waals surface area contributed by atoms with E-state index < -0.39 is 5.82 Å². The number of methoxy groups -OCH3 is 1. The van der Waals surface area contributed by atoms with E-state index in [9.17, 15) is 9.18 Å². The zero-order valence-corrected chi connectivity index (χ0v) is 13.3. The number of carbonyl (C=O) groups is 1. The SMILES string of the molecule is CO[C@@H]1C[C@@H](c2nc(C)c(C)[nH]2)N(C(=O)c2ccncc2F)C1. The van der Waals surface area contributed by atoms with Gasteiger partial charge in [-0.3, -0.25) is 9.78 Å². The molecule has 23 heavy (non-hydrogen) atoms. The van der Waals surface area contributed by atoms with Crippen molar-refractivity contribution in [2.75, 3.05) is 13.7 Å². The summed E-state index contributed by atoms with van der Waals surface area (Å²) in [5, 5.41) is 0. The quantitative estimate of drug-likeness (QED) is 0.941. The summed E-state index contributed by atoms with van der Waals surface area (Å²) in [6.45, 7) is 4.25. The summed E-state index contributed by atoms with van der Waals surface area (Å²) in [5.41, 5.74) is 1.87. The lowest BCUT2D eigenvalue weighted by Gasteiger charge is -2.23. The van der Waals surface area contributed by atoms with Gasteiger partial charge in [-0.2, -0.15) is 0 Å². The predicted molar refractivity (Wildman–Crippen MR) is 81.4 cm³/mol. The number of carbonyl (C=O) groups excluding carboxylic acids is 1. The molecule has 3 rings (SSSR count). The molecule has 1 N–H and O–H groups in total. The summed E-state index contributed by atoms with van der Waals surface area (Å²) in [7, 11) is 1.61. The molecule has 0 unspecified atom stereocenters. The van der Waals surface area contributed by atoms with Crippen LogP contribution in [0.5, 0.6) is 0 Å². The highest BCUT2D eigenvalue weighted by atomic mass is 19.1. The number of rotatable bonds is 3. The van der Waals surface area contributed by atoms with Gasteiger partial charge in [-0.1, -0.05) is 0 Å². The molecule has 1 saturated heterocycles. The molecule has 1 amide bonds. The monoisotopic (exact) mass is 318 g/mol. The highest BCUT2D eigenvalue weighted by Crippen LogP contribution is 2.33. The number of hydrogen-bond donors (Lipinski definition) is 1. The molecule has 2 aromatic heterocycles. The fourth-order valence-electron chi connectivity index (χ4n) is 2.89. The van der Waals surface area contributed by atoms with E-state index in [4.69, 9.17) is 4.74 Å². The molecule has 122 valence electrons. The maximum Gasteiger partial charge on any atom is 0.257 e. The van der Waals surface area contributed by atoms with E-state index in [0.717, 1.165) is 17.6 Å². The van der Waals surface area contributed by atoms with Crippen molar-refractivity contribution in [2.24, 2.45) is 0 Å². The molecule has 0 aliphatic carbocycles. The van der Waals surface area contributed by atoms with Gasteiger partial charge in [-0.15, -0.1) is 0 Å². The van der Waals surface area contributed by atoms with E-state index in [0.29, 0.717) is 18.8 Å². The topological polar surface area (TPSA) is 71.1 Å². The van der Waals surface area contributed by atoms with Crippen molar-refractivity contribution < 1.29 is 13.9 Å². The third-order valence-electron chi connectivity index (χ3n) is 4.32. The van der Waals surface area contributed by atoms with Crippen molar-refractivity contribution in [2.45, 2.75) is 32.4 Å². The number of aryl methyl sites for hydroxylation is 2. The van der Waals surface area contributed by atoms with Crippen molar-refractivity contribution in [3.8, 4) is 0 Å². The van der Waals surface area contributed by atoms with Gasteiger partial charge >= 0.3 is 0 Å². The molecular formula is C16H19FN4O2. The average Bonchev–Trinajstić information content (AvgIpc) is 3.11. The summed E-state index contributed by atoms with van der Waals surface area (Å²) in [6, 6.07) is 1.14. The Hall–Kier alpha value is -2.28. The summed E-state index contributed by atoms with van der Waals surface area (Å²) >= 11 is 0. The van der Waals surface area contributed by atoms with E-state index >= 15 is 0 Å². The predicted octanol–water partition coefficient (Wildman–Crippen LogP) is 2.16. The van der Waals surface area contributed by atoms with Crippen LogP contribution >= 0.6 is 0 Å². The second-order valence-electron chi connectivity index (χ2n) is 5.75. The molecule has 1 fully saturated rings. The van der Waals surface area contributed by atoms with Crippen molar-refractivity contribution in [1.29, 1.82) is 0 Å². The van der Waals surface area contributed by atoms with E-state index in [1.165, 1.54) is 12.3 Å². The second kappa shape index (κ2) is 6.08. The first kappa shape index (κ1) is 15.6. The van der Waals surface area contributed by atoms with Crippen LogP contribution in [0.15, 0.2) is 18.5 Å². The number of nitrogens with zero attached hydrogens (tertiary/aromatic N) is 3. The third-order valence-corrected chi connectivity index (χ3v) is 4.32. The van der Waals surface area contributed by atoms with E-state index in [1.807, 2.05) is 13.8 Å². The molecule has 7 heteroatoms. The molecule has 3 heterocycles. The Morgan fingerprint density at radius 1 is 1.48 bits per heavy atom. The minimum Gasteiger partial charge on any atom is -0.380 e. The van der Waals surface area contributed by atoms with Crippen LogP contribution in [0.3, 0.4) is 0 Å². The largest absolute Gasteiger partial charge is 0.380 e. The van der Waals surface area contributed by atoms with E-state index in [-0.39, 0.29) is 23.6 Å². The number of likely N-dealkylation sites (tertiary alicyclic amines) is 1. The number of pyridine rings is 1. The van der Waals surface area contributed by atoms with Crippen LogP contribution in [-0.2, 0) is 4.74 Å². The Balaban J connectivity index is 1.94. The van der Waals surface area contributed by atoms with Crippen molar-refractivity contribution in [3.63, 3.8) is 0 Å². The fraction of sp³-hybridized carbons (Fsp3) is 0.438. The first-order chi connectivity index (χ1) is 11.0. The van der Waals surface area contributed by atoms with Gasteiger partial charge < -0.3 is 14.6 Å². The second-order valence-corrected chi connectivity index (χ2v) is 5.75. The standard InChI is InChI=1S/C16H19FN4O2/c1-9-10(2)20-15(19-9)14-6-11(23-3)8-21(14)16(22)12-4-5-18-7-13(12)17/h4-5,7,11,14H,6,8H2,1-3H3,(H,19,20)/t11-,14+/m1/s1. The maximum absolute atomic E-state index is 13.9. The third kappa shape index (κ3) is 2.84. The van der Waals surface area contributed by atoms with Crippen LogP contribution in [0.2, 0.25) is 0 Å². The van der Waals surface area contributed by atoms with Crippen LogP contribution in [0.1, 0.15) is 40.0 Å². The zero-order chi connectivity index (χ0) is 16.6. The van der Waals surface area contributed by atoms with Gasteiger partial charge in [0.25, 0.3) is 5.91 Å². The van der Waals surface area contributed by atoms with Gasteiger partial charge in [-0.25, -0.2) is 9.37 Å². The average molecular weight is 318 g/mol. The number of amides is 1. The maximum atomic E-state index is 13.9. The molecule has 0 saturated carbocycles. The van der Waals surface area contributed by atoms with Crippen LogP contribution < -0.4 is 0 Å². The lowest BCUT2D eigenvalue weighted by Crippen LogP contribution is -2.33. The Kier molecular flexibility index (Phi) is 4.12. The minimum atomic E-state index is -0.621.